The van der Waals surface area contributed by atoms with E-state index in [0.29, 0.717) is 25.6 Å². The summed E-state index contributed by atoms with van der Waals surface area (Å²) in [5.74, 6) is 1.39. The third-order valence-corrected chi connectivity index (χ3v) is 5.16. The Kier molecular flexibility index (Phi) is 4.92. The second-order valence-electron chi connectivity index (χ2n) is 7.83. The number of hydrogen-bond donors (Lipinski definition) is 1. The maximum Gasteiger partial charge on any atom is 0.318 e. The van der Waals surface area contributed by atoms with Gasteiger partial charge in [0.25, 0.3) is 0 Å². The molecule has 1 aromatic carbocycles. The summed E-state index contributed by atoms with van der Waals surface area (Å²) >= 11 is 0. The third kappa shape index (κ3) is 4.02. The van der Waals surface area contributed by atoms with Crippen LogP contribution in [0.3, 0.4) is 0 Å². The molecule has 0 radical (unpaired) electrons. The number of hydrogen-bond acceptors (Lipinski definition) is 3. The normalized spacial score (nSPS) is 15.0. The van der Waals surface area contributed by atoms with E-state index in [-0.39, 0.29) is 6.03 Å². The number of carbonyl (C=O) groups is 1. The van der Waals surface area contributed by atoms with Crippen molar-refractivity contribution in [3.63, 3.8) is 0 Å². The van der Waals surface area contributed by atoms with Crippen molar-refractivity contribution in [3.05, 3.63) is 64.2 Å². The number of nitrogens with one attached hydrogen (secondary N) is 1. The summed E-state index contributed by atoms with van der Waals surface area (Å²) in [7, 11) is 0. The van der Waals surface area contributed by atoms with Gasteiger partial charge in [-0.15, -0.1) is 0 Å². The van der Waals surface area contributed by atoms with Crippen molar-refractivity contribution in [1.82, 2.24) is 20.2 Å². The number of urea groups is 1. The van der Waals surface area contributed by atoms with Crippen LogP contribution in [-0.4, -0.2) is 27.4 Å². The molecule has 0 saturated heterocycles. The van der Waals surface area contributed by atoms with Gasteiger partial charge < -0.3 is 10.2 Å². The van der Waals surface area contributed by atoms with Gasteiger partial charge in [-0.1, -0.05) is 44.2 Å². The van der Waals surface area contributed by atoms with Crippen LogP contribution in [0, 0.1) is 5.92 Å². The van der Waals surface area contributed by atoms with Crippen LogP contribution in [0.5, 0.6) is 0 Å². The molecule has 1 aromatic heterocycles. The molecule has 2 aliphatic rings. The summed E-state index contributed by atoms with van der Waals surface area (Å²) in [6.07, 6.45) is 8.93. The Morgan fingerprint density at radius 2 is 2.19 bits per heavy atom. The van der Waals surface area contributed by atoms with Gasteiger partial charge in [-0.2, -0.15) is 0 Å². The molecule has 0 spiro atoms. The minimum atomic E-state index is -0.0247. The molecule has 2 heterocycles. The van der Waals surface area contributed by atoms with E-state index in [1.165, 1.54) is 11.1 Å². The first-order valence-electron chi connectivity index (χ1n) is 9.73. The highest BCUT2D eigenvalue weighted by Crippen LogP contribution is 2.21. The molecule has 5 heteroatoms. The van der Waals surface area contributed by atoms with E-state index in [1.807, 2.05) is 11.1 Å². The number of fused-ring (bicyclic) bond motifs is 2. The quantitative estimate of drug-likeness (QED) is 0.905. The fraction of sp³-hybridized carbons (Fsp3) is 0.409. The summed E-state index contributed by atoms with van der Waals surface area (Å²) in [6, 6.07) is 6.38. The van der Waals surface area contributed by atoms with E-state index in [4.69, 9.17) is 4.98 Å². The zero-order valence-electron chi connectivity index (χ0n) is 16.0. The lowest BCUT2D eigenvalue weighted by atomic mass is 10.1. The van der Waals surface area contributed by atoms with Crippen LogP contribution in [0.1, 0.15) is 47.6 Å². The van der Waals surface area contributed by atoms with Crippen molar-refractivity contribution < 1.29 is 4.79 Å². The smallest absolute Gasteiger partial charge is 0.318 e. The Morgan fingerprint density at radius 1 is 1.30 bits per heavy atom. The molecule has 4 rings (SSSR count). The minimum Gasteiger partial charge on any atom is -0.334 e. The van der Waals surface area contributed by atoms with Crippen molar-refractivity contribution in [3.8, 4) is 0 Å². The highest BCUT2D eigenvalue weighted by Gasteiger charge is 2.22. The Hall–Kier alpha value is -2.69. The predicted molar refractivity (Wildman–Crippen MR) is 106 cm³/mol. The molecule has 1 aliphatic heterocycles. The van der Waals surface area contributed by atoms with E-state index in [1.54, 1.807) is 0 Å². The zero-order chi connectivity index (χ0) is 18.8. The summed E-state index contributed by atoms with van der Waals surface area (Å²) in [5, 5.41) is 3.06. The first kappa shape index (κ1) is 17.7. The Morgan fingerprint density at radius 3 is 3.04 bits per heavy atom. The van der Waals surface area contributed by atoms with Gasteiger partial charge in [0.2, 0.25) is 0 Å². The van der Waals surface area contributed by atoms with Gasteiger partial charge in [0.1, 0.15) is 5.82 Å². The zero-order valence-corrected chi connectivity index (χ0v) is 16.0. The molecule has 5 nitrogen and oxygen atoms in total. The van der Waals surface area contributed by atoms with Crippen LogP contribution >= 0.6 is 0 Å². The average Bonchev–Trinajstić information content (AvgIpc) is 3.13. The molecule has 27 heavy (non-hydrogen) atoms. The number of amides is 2. The van der Waals surface area contributed by atoms with E-state index >= 15 is 0 Å². The highest BCUT2D eigenvalue weighted by molar-refractivity contribution is 5.74. The molecule has 2 amide bonds. The van der Waals surface area contributed by atoms with Crippen molar-refractivity contribution >= 4 is 12.1 Å². The minimum absolute atomic E-state index is 0.0247. The number of nitrogens with zero attached hydrogens (tertiary/aromatic N) is 3. The number of allylic oxidation sites excluding steroid dienone is 1. The topological polar surface area (TPSA) is 58.1 Å². The molecule has 140 valence electrons. The third-order valence-electron chi connectivity index (χ3n) is 5.16. The number of benzene rings is 1. The predicted octanol–water partition coefficient (Wildman–Crippen LogP) is 3.51. The van der Waals surface area contributed by atoms with Crippen LogP contribution in [0.4, 0.5) is 4.79 Å². The van der Waals surface area contributed by atoms with Crippen molar-refractivity contribution in [2.45, 2.75) is 46.2 Å². The first-order valence-corrected chi connectivity index (χ1v) is 9.73. The summed E-state index contributed by atoms with van der Waals surface area (Å²) < 4.78 is 0. The lowest BCUT2D eigenvalue weighted by Gasteiger charge is -2.28. The van der Waals surface area contributed by atoms with Gasteiger partial charge in [-0.3, -0.25) is 0 Å². The molecule has 0 atom stereocenters. The van der Waals surface area contributed by atoms with Gasteiger partial charge in [-0.05, 0) is 41.0 Å². The standard InChI is InChI=1S/C22H26N4O/c1-15(2)10-21-23-13-19-8-9-26(14-20(19)25-21)22(27)24-12-16-6-7-17-4-3-5-18(17)11-16/h3-4,6-7,11,13,15H,5,8-10,12,14H2,1-2H3,(H,24,27). The molecule has 0 saturated carbocycles. The van der Waals surface area contributed by atoms with E-state index in [9.17, 15) is 4.79 Å². The Balaban J connectivity index is 1.37. The maximum atomic E-state index is 12.6. The van der Waals surface area contributed by atoms with Crippen LogP contribution in [-0.2, 0) is 32.4 Å². The van der Waals surface area contributed by atoms with Gasteiger partial charge in [0.05, 0.1) is 12.2 Å². The molecular formula is C22H26N4O. The summed E-state index contributed by atoms with van der Waals surface area (Å²) in [4.78, 5) is 23.7. The van der Waals surface area contributed by atoms with Crippen molar-refractivity contribution in [1.29, 1.82) is 0 Å². The van der Waals surface area contributed by atoms with Crippen LogP contribution < -0.4 is 5.32 Å². The number of carbonyl (C=O) groups excluding carboxylic acids is 1. The number of aromatic nitrogens is 2. The Bertz CT molecular complexity index is 888. The second-order valence-corrected chi connectivity index (χ2v) is 7.83. The fourth-order valence-electron chi connectivity index (χ4n) is 3.69. The van der Waals surface area contributed by atoms with Crippen molar-refractivity contribution in [2.24, 2.45) is 5.92 Å². The lowest BCUT2D eigenvalue weighted by molar-refractivity contribution is 0.190. The molecule has 1 N–H and O–H groups in total. The second kappa shape index (κ2) is 7.51. The van der Waals surface area contributed by atoms with Crippen LogP contribution in [0.2, 0.25) is 0 Å². The summed E-state index contributed by atoms with van der Waals surface area (Å²) in [6.45, 7) is 6.15. The van der Waals surface area contributed by atoms with Crippen LogP contribution in [0.25, 0.3) is 6.08 Å². The van der Waals surface area contributed by atoms with E-state index in [2.05, 4.69) is 54.5 Å². The molecular weight excluding hydrogens is 336 g/mol. The monoisotopic (exact) mass is 362 g/mol. The van der Waals surface area contributed by atoms with Gasteiger partial charge in [-0.25, -0.2) is 14.8 Å². The maximum absolute atomic E-state index is 12.6. The lowest BCUT2D eigenvalue weighted by Crippen LogP contribution is -2.42. The first-order chi connectivity index (χ1) is 13.1. The molecule has 2 aromatic rings. The molecule has 1 aliphatic carbocycles. The van der Waals surface area contributed by atoms with E-state index in [0.717, 1.165) is 41.9 Å². The van der Waals surface area contributed by atoms with Gasteiger partial charge >= 0.3 is 6.03 Å². The van der Waals surface area contributed by atoms with E-state index < -0.39 is 0 Å². The SMILES string of the molecule is CC(C)Cc1ncc2c(n1)CN(C(=O)NCc1ccc3c(c1)CC=C3)CC2. The molecule has 0 bridgehead atoms. The molecule has 0 unspecified atom stereocenters. The van der Waals surface area contributed by atoms with Crippen LogP contribution in [0.15, 0.2) is 30.5 Å². The average molecular weight is 362 g/mol. The molecule has 0 fully saturated rings. The van der Waals surface area contributed by atoms with Crippen molar-refractivity contribution in [2.75, 3.05) is 6.54 Å². The van der Waals surface area contributed by atoms with Gasteiger partial charge in [0.15, 0.2) is 0 Å². The van der Waals surface area contributed by atoms with Gasteiger partial charge in [0, 0.05) is 25.7 Å². The largest absolute Gasteiger partial charge is 0.334 e. The fourth-order valence-corrected chi connectivity index (χ4v) is 3.69. The number of rotatable bonds is 4. The Labute approximate surface area is 160 Å². The summed E-state index contributed by atoms with van der Waals surface area (Å²) in [5.41, 5.74) is 5.92. The highest BCUT2D eigenvalue weighted by atomic mass is 16.2.